The number of rotatable bonds is 9. The minimum atomic E-state index is -4.25. The summed E-state index contributed by atoms with van der Waals surface area (Å²) in [5.41, 5.74) is 3.99. The van der Waals surface area contributed by atoms with Gasteiger partial charge in [0.25, 0.3) is 0 Å². The summed E-state index contributed by atoms with van der Waals surface area (Å²) in [7, 11) is 0. The molecule has 5 heterocycles. The number of nitrogens with zero attached hydrogens (tertiary/aromatic N) is 6. The van der Waals surface area contributed by atoms with Gasteiger partial charge in [-0.1, -0.05) is 6.07 Å². The predicted octanol–water partition coefficient (Wildman–Crippen LogP) is 6.46. The molecular formula is C32H32F3N7OS. The highest BCUT2D eigenvalue weighted by Gasteiger charge is 2.29. The van der Waals surface area contributed by atoms with E-state index in [0.29, 0.717) is 46.6 Å². The lowest BCUT2D eigenvalue weighted by molar-refractivity contribution is -0.126. The summed E-state index contributed by atoms with van der Waals surface area (Å²) in [5.74, 6) is 1.98. The van der Waals surface area contributed by atoms with Gasteiger partial charge in [-0.05, 0) is 67.0 Å². The molecule has 4 aromatic rings. The van der Waals surface area contributed by atoms with Crippen molar-refractivity contribution in [2.75, 3.05) is 31.6 Å². The molecule has 1 saturated carbocycles. The summed E-state index contributed by atoms with van der Waals surface area (Å²) >= 11 is 1.07. The third-order valence-corrected chi connectivity index (χ3v) is 9.50. The van der Waals surface area contributed by atoms with Crippen LogP contribution < -0.4 is 5.32 Å². The number of aromatic nitrogens is 3. The number of nitrogens with one attached hydrogen (secondary N) is 1. The van der Waals surface area contributed by atoms with Gasteiger partial charge in [0.1, 0.15) is 28.7 Å². The Morgan fingerprint density at radius 2 is 1.91 bits per heavy atom. The Hall–Kier alpha value is -3.95. The number of ether oxygens (including phenoxy) is 1. The first kappa shape index (κ1) is 28.8. The molecule has 0 spiro atoms. The Kier molecular flexibility index (Phi) is 7.76. The lowest BCUT2D eigenvalue weighted by atomic mass is 10.0. The van der Waals surface area contributed by atoms with Crippen LogP contribution in [0.25, 0.3) is 21.1 Å². The first-order valence-corrected chi connectivity index (χ1v) is 15.8. The van der Waals surface area contributed by atoms with Gasteiger partial charge in [0.05, 0.1) is 25.0 Å². The van der Waals surface area contributed by atoms with Gasteiger partial charge in [-0.2, -0.15) is 18.4 Å². The third-order valence-electron chi connectivity index (χ3n) is 8.46. The molecule has 0 amide bonds. The van der Waals surface area contributed by atoms with E-state index in [1.54, 1.807) is 6.07 Å². The summed E-state index contributed by atoms with van der Waals surface area (Å²) in [4.78, 5) is 16.3. The number of alkyl halides is 3. The number of halogens is 3. The van der Waals surface area contributed by atoms with Gasteiger partial charge in [-0.25, -0.2) is 15.0 Å². The van der Waals surface area contributed by atoms with E-state index in [9.17, 15) is 18.4 Å². The number of benzene rings is 1. The second-order valence-corrected chi connectivity index (χ2v) is 13.1. The van der Waals surface area contributed by atoms with E-state index in [1.165, 1.54) is 24.7 Å². The van der Waals surface area contributed by atoms with Crippen molar-refractivity contribution < 1.29 is 17.9 Å². The topological polar surface area (TPSA) is 91.4 Å². The Labute approximate surface area is 256 Å². The number of hydrogen-bond acceptors (Lipinski definition) is 8. The molecule has 0 radical (unpaired) electrons. The summed E-state index contributed by atoms with van der Waals surface area (Å²) < 4.78 is 46.6. The molecule has 1 N–H and O–H groups in total. The average molecular weight is 620 g/mol. The maximum absolute atomic E-state index is 12.9. The summed E-state index contributed by atoms with van der Waals surface area (Å²) in [6.45, 7) is 4.53. The highest BCUT2D eigenvalue weighted by atomic mass is 32.1. The predicted molar refractivity (Wildman–Crippen MR) is 165 cm³/mol. The van der Waals surface area contributed by atoms with Gasteiger partial charge in [0.2, 0.25) is 5.90 Å². The molecule has 1 saturated heterocycles. The summed E-state index contributed by atoms with van der Waals surface area (Å²) in [6, 6.07) is 12.5. The SMILES string of the molecule is N#Cc1cc2cc(CN3CCC(Nc4ncnc5sc(CC(F)(F)F)cc45)CC3)ccc2n1CC1=CC(OCC2CC2)=NC1. The van der Waals surface area contributed by atoms with Gasteiger partial charge in [0, 0.05) is 54.1 Å². The van der Waals surface area contributed by atoms with E-state index in [2.05, 4.69) is 54.0 Å². The normalized spacial score (nSPS) is 18.0. The second-order valence-electron chi connectivity index (χ2n) is 12.0. The highest BCUT2D eigenvalue weighted by Crippen LogP contribution is 2.33. The average Bonchev–Trinajstić information content (AvgIpc) is 3.40. The molecule has 1 aromatic carbocycles. The molecule has 228 valence electrons. The quantitative estimate of drug-likeness (QED) is 0.231. The molecule has 12 heteroatoms. The van der Waals surface area contributed by atoms with E-state index >= 15 is 0 Å². The molecule has 3 aromatic heterocycles. The first-order chi connectivity index (χ1) is 21.3. The zero-order valence-electron chi connectivity index (χ0n) is 24.1. The van der Waals surface area contributed by atoms with Crippen molar-refractivity contribution in [3.63, 3.8) is 0 Å². The Morgan fingerprint density at radius 3 is 2.68 bits per heavy atom. The smallest absolute Gasteiger partial charge is 0.393 e. The fourth-order valence-corrected chi connectivity index (χ4v) is 7.02. The van der Waals surface area contributed by atoms with Gasteiger partial charge >= 0.3 is 6.18 Å². The van der Waals surface area contributed by atoms with E-state index in [4.69, 9.17) is 4.74 Å². The zero-order chi connectivity index (χ0) is 30.3. The molecule has 0 unspecified atom stereocenters. The Balaban J connectivity index is 0.962. The third kappa shape index (κ3) is 6.59. The molecule has 8 nitrogen and oxygen atoms in total. The van der Waals surface area contributed by atoms with E-state index in [1.807, 2.05) is 12.1 Å². The molecule has 2 aliphatic heterocycles. The summed E-state index contributed by atoms with van der Waals surface area (Å²) in [6.07, 6.45) is 2.49. The number of nitriles is 1. The molecule has 0 bridgehead atoms. The van der Waals surface area contributed by atoms with E-state index < -0.39 is 12.6 Å². The number of thiophene rings is 1. The summed E-state index contributed by atoms with van der Waals surface area (Å²) in [5, 5.41) is 15.0. The number of anilines is 1. The molecule has 3 aliphatic rings. The van der Waals surface area contributed by atoms with Crippen molar-refractivity contribution in [1.29, 1.82) is 5.26 Å². The Morgan fingerprint density at radius 1 is 1.07 bits per heavy atom. The van der Waals surface area contributed by atoms with E-state index in [0.717, 1.165) is 66.9 Å². The Bertz CT molecular complexity index is 1790. The van der Waals surface area contributed by atoms with Gasteiger partial charge < -0.3 is 14.6 Å². The number of fused-ring (bicyclic) bond motifs is 2. The van der Waals surface area contributed by atoms with Crippen LogP contribution in [0.1, 0.15) is 41.8 Å². The van der Waals surface area contributed by atoms with Crippen LogP contribution in [-0.4, -0.2) is 63.8 Å². The fraction of sp³-hybridized carbons (Fsp3) is 0.438. The fourth-order valence-electron chi connectivity index (χ4n) is 5.99. The van der Waals surface area contributed by atoms with Crippen molar-refractivity contribution in [3.05, 3.63) is 64.4 Å². The number of likely N-dealkylation sites (tertiary alicyclic amines) is 1. The van der Waals surface area contributed by atoms with Crippen molar-refractivity contribution in [1.82, 2.24) is 19.4 Å². The van der Waals surface area contributed by atoms with Crippen LogP contribution >= 0.6 is 11.3 Å². The molecule has 44 heavy (non-hydrogen) atoms. The van der Waals surface area contributed by atoms with Crippen LogP contribution in [0.2, 0.25) is 0 Å². The monoisotopic (exact) mass is 619 g/mol. The van der Waals surface area contributed by atoms with E-state index in [-0.39, 0.29) is 10.9 Å². The largest absolute Gasteiger partial charge is 0.478 e. The van der Waals surface area contributed by atoms with Crippen LogP contribution in [0.15, 0.2) is 53.3 Å². The minimum Gasteiger partial charge on any atom is -0.478 e. The van der Waals surface area contributed by atoms with Gasteiger partial charge in [0.15, 0.2) is 0 Å². The van der Waals surface area contributed by atoms with Crippen LogP contribution in [0, 0.1) is 17.2 Å². The first-order valence-electron chi connectivity index (χ1n) is 15.0. The van der Waals surface area contributed by atoms with Gasteiger partial charge in [-0.15, -0.1) is 11.3 Å². The molecule has 7 rings (SSSR count). The molecule has 0 atom stereocenters. The van der Waals surface area contributed by atoms with Crippen LogP contribution in [-0.2, 0) is 24.2 Å². The van der Waals surface area contributed by atoms with Crippen molar-refractivity contribution in [3.8, 4) is 6.07 Å². The standard InChI is InChI=1S/C32H32F3N7OS/c33-32(34,35)13-26-12-27-30(38-19-39-31(27)44-26)40-24-5-7-41(8-6-24)16-21-3-4-28-23(9-21)11-25(14-36)42(28)17-22-10-29(37-15-22)43-18-20-1-2-20/h3-4,9-12,19-20,24H,1-2,5-8,13,15-18H2,(H,38,39,40). The maximum atomic E-state index is 12.9. The maximum Gasteiger partial charge on any atom is 0.393 e. The van der Waals surface area contributed by atoms with Crippen LogP contribution in [0.4, 0.5) is 19.0 Å². The van der Waals surface area contributed by atoms with Crippen LogP contribution in [0.3, 0.4) is 0 Å². The second kappa shape index (κ2) is 11.9. The van der Waals surface area contributed by atoms with Crippen molar-refractivity contribution >= 4 is 44.2 Å². The molecular weight excluding hydrogens is 587 g/mol. The van der Waals surface area contributed by atoms with Crippen molar-refractivity contribution in [2.24, 2.45) is 10.9 Å². The lowest BCUT2D eigenvalue weighted by Crippen LogP contribution is -2.38. The molecule has 2 fully saturated rings. The number of piperidine rings is 1. The minimum absolute atomic E-state index is 0.179. The van der Waals surface area contributed by atoms with Crippen LogP contribution in [0.5, 0.6) is 0 Å². The number of hydrogen-bond donors (Lipinski definition) is 1. The molecule has 1 aliphatic carbocycles. The van der Waals surface area contributed by atoms with Crippen molar-refractivity contribution in [2.45, 2.75) is 57.4 Å². The zero-order valence-corrected chi connectivity index (χ0v) is 24.9. The lowest BCUT2D eigenvalue weighted by Gasteiger charge is -2.32. The van der Waals surface area contributed by atoms with Gasteiger partial charge in [-0.3, -0.25) is 4.90 Å². The number of aliphatic imine (C=N–C) groups is 1. The highest BCUT2D eigenvalue weighted by molar-refractivity contribution is 7.18.